The Morgan fingerprint density at radius 3 is 2.95 bits per heavy atom. The predicted octanol–water partition coefficient (Wildman–Crippen LogP) is 3.64. The van der Waals surface area contributed by atoms with E-state index in [9.17, 15) is 4.79 Å². The summed E-state index contributed by atoms with van der Waals surface area (Å²) in [5.74, 6) is -0.0173. The van der Waals surface area contributed by atoms with Crippen molar-refractivity contribution in [3.05, 3.63) is 52.0 Å². The van der Waals surface area contributed by atoms with E-state index in [1.54, 1.807) is 18.5 Å². The number of halogens is 2. The van der Waals surface area contributed by atoms with Gasteiger partial charge in [0.2, 0.25) is 0 Å². The third-order valence-corrected chi connectivity index (χ3v) is 4.56. The zero-order valence-electron chi connectivity index (χ0n) is 11.0. The van der Waals surface area contributed by atoms with Crippen LogP contribution in [0.2, 0.25) is 5.02 Å². The van der Waals surface area contributed by atoms with Crippen molar-refractivity contribution in [1.82, 2.24) is 14.5 Å². The van der Waals surface area contributed by atoms with Gasteiger partial charge in [-0.1, -0.05) is 29.3 Å². The third kappa shape index (κ3) is 1.69. The summed E-state index contributed by atoms with van der Waals surface area (Å²) in [5.41, 5.74) is 4.55. The molecule has 1 aromatic heterocycles. The first-order chi connectivity index (χ1) is 10.2. The molecule has 4 rings (SSSR count). The molecule has 1 atom stereocenters. The molecule has 106 valence electrons. The number of hydrogen-bond acceptors (Lipinski definition) is 2. The Morgan fingerprint density at radius 1 is 1.38 bits per heavy atom. The molecule has 3 heterocycles. The van der Waals surface area contributed by atoms with Crippen molar-refractivity contribution in [2.45, 2.75) is 12.5 Å². The fourth-order valence-corrected chi connectivity index (χ4v) is 3.44. The molecule has 1 fully saturated rings. The number of rotatable bonds is 1. The molecule has 4 nitrogen and oxygen atoms in total. The standard InChI is InChI=1S/C15H11Cl2N3O/c16-6-4-10-14-12-5-7-19(12)15(21)13-9(17)2-1-3-11(13)20(14)8-18-10/h1-4,6,8,12H,5,7H2/b6-4-/t12-/m0/s1. The number of fused-ring (bicyclic) bond motifs is 5. The normalized spacial score (nSPS) is 19.8. The van der Waals surface area contributed by atoms with Crippen LogP contribution in [0.4, 0.5) is 0 Å². The van der Waals surface area contributed by atoms with Crippen LogP contribution in [0.1, 0.15) is 34.2 Å². The fourth-order valence-electron chi connectivity index (χ4n) is 3.07. The molecule has 0 radical (unpaired) electrons. The topological polar surface area (TPSA) is 38.1 Å². The summed E-state index contributed by atoms with van der Waals surface area (Å²) in [6, 6.07) is 5.52. The van der Waals surface area contributed by atoms with Gasteiger partial charge in [0.05, 0.1) is 33.7 Å². The monoisotopic (exact) mass is 319 g/mol. The lowest BCUT2D eigenvalue weighted by Gasteiger charge is -2.39. The lowest BCUT2D eigenvalue weighted by Crippen LogP contribution is -2.44. The van der Waals surface area contributed by atoms with Crippen LogP contribution in [0.5, 0.6) is 0 Å². The Hall–Kier alpha value is -1.78. The molecule has 2 aliphatic rings. The molecule has 2 aliphatic heterocycles. The van der Waals surface area contributed by atoms with Gasteiger partial charge in [0, 0.05) is 12.1 Å². The Balaban J connectivity index is 2.05. The molecular weight excluding hydrogens is 309 g/mol. The van der Waals surface area contributed by atoms with Gasteiger partial charge >= 0.3 is 0 Å². The van der Waals surface area contributed by atoms with Crippen LogP contribution < -0.4 is 0 Å². The number of benzene rings is 1. The van der Waals surface area contributed by atoms with Crippen LogP contribution >= 0.6 is 23.2 Å². The zero-order chi connectivity index (χ0) is 14.6. The minimum Gasteiger partial charge on any atom is -0.330 e. The Kier molecular flexibility index (Phi) is 2.84. The highest BCUT2D eigenvalue weighted by molar-refractivity contribution is 6.34. The van der Waals surface area contributed by atoms with Crippen LogP contribution in [-0.2, 0) is 0 Å². The second-order valence-corrected chi connectivity index (χ2v) is 5.77. The van der Waals surface area contributed by atoms with E-state index in [1.165, 1.54) is 5.54 Å². The SMILES string of the molecule is O=C1c2c(Cl)cccc2-n2cnc(/C=C\Cl)c2[C@@H]2CCN12. The number of aromatic nitrogens is 2. The molecule has 2 aromatic rings. The van der Waals surface area contributed by atoms with E-state index < -0.39 is 0 Å². The fraction of sp³-hybridized carbons (Fsp3) is 0.200. The van der Waals surface area contributed by atoms with Crippen LogP contribution in [0.3, 0.4) is 0 Å². The summed E-state index contributed by atoms with van der Waals surface area (Å²) in [7, 11) is 0. The van der Waals surface area contributed by atoms with Crippen molar-refractivity contribution in [2.24, 2.45) is 0 Å². The van der Waals surface area contributed by atoms with Gasteiger partial charge in [0.25, 0.3) is 5.91 Å². The summed E-state index contributed by atoms with van der Waals surface area (Å²) >= 11 is 12.0. The number of carbonyl (C=O) groups is 1. The summed E-state index contributed by atoms with van der Waals surface area (Å²) < 4.78 is 1.95. The minimum atomic E-state index is -0.0173. The average molecular weight is 320 g/mol. The number of nitrogens with zero attached hydrogens (tertiary/aromatic N) is 3. The quantitative estimate of drug-likeness (QED) is 0.805. The molecule has 0 aliphatic carbocycles. The first-order valence-corrected chi connectivity index (χ1v) is 7.47. The molecule has 0 spiro atoms. The van der Waals surface area contributed by atoms with Crippen LogP contribution in [0.15, 0.2) is 30.1 Å². The zero-order valence-corrected chi connectivity index (χ0v) is 12.5. The highest BCUT2D eigenvalue weighted by Gasteiger charge is 2.41. The van der Waals surface area contributed by atoms with Crippen LogP contribution in [0.25, 0.3) is 11.8 Å². The summed E-state index contributed by atoms with van der Waals surface area (Å²) in [5, 5.41) is 0.471. The Bertz CT molecular complexity index is 781. The molecule has 1 saturated heterocycles. The Labute approximate surface area is 131 Å². The van der Waals surface area contributed by atoms with Crippen molar-refractivity contribution < 1.29 is 4.79 Å². The molecular formula is C15H11Cl2N3O. The smallest absolute Gasteiger partial charge is 0.258 e. The van der Waals surface area contributed by atoms with E-state index in [-0.39, 0.29) is 11.9 Å². The molecule has 1 aromatic carbocycles. The van der Waals surface area contributed by atoms with E-state index in [0.717, 1.165) is 30.0 Å². The average Bonchev–Trinajstić information content (AvgIpc) is 2.78. The molecule has 0 unspecified atom stereocenters. The molecule has 0 saturated carbocycles. The maximum atomic E-state index is 12.7. The molecule has 21 heavy (non-hydrogen) atoms. The lowest BCUT2D eigenvalue weighted by atomic mass is 9.97. The number of amides is 1. The highest BCUT2D eigenvalue weighted by Crippen LogP contribution is 2.42. The second kappa shape index (κ2) is 4.61. The molecule has 6 heteroatoms. The van der Waals surface area contributed by atoms with Crippen LogP contribution in [-0.4, -0.2) is 26.9 Å². The van der Waals surface area contributed by atoms with E-state index in [0.29, 0.717) is 10.6 Å². The van der Waals surface area contributed by atoms with E-state index in [4.69, 9.17) is 23.2 Å². The molecule has 1 amide bonds. The van der Waals surface area contributed by atoms with Crippen LogP contribution in [0, 0.1) is 0 Å². The number of hydrogen-bond donors (Lipinski definition) is 0. The summed E-state index contributed by atoms with van der Waals surface area (Å²) in [6.07, 6.45) is 4.40. The van der Waals surface area contributed by atoms with E-state index >= 15 is 0 Å². The van der Waals surface area contributed by atoms with Gasteiger partial charge in [-0.15, -0.1) is 0 Å². The van der Waals surface area contributed by atoms with Gasteiger partial charge in [0.1, 0.15) is 6.33 Å². The van der Waals surface area contributed by atoms with Gasteiger partial charge in [-0.25, -0.2) is 4.98 Å². The second-order valence-electron chi connectivity index (χ2n) is 5.11. The van der Waals surface area contributed by atoms with Gasteiger partial charge < -0.3 is 4.90 Å². The summed E-state index contributed by atoms with van der Waals surface area (Å²) in [4.78, 5) is 19.0. The van der Waals surface area contributed by atoms with Crippen molar-refractivity contribution in [1.29, 1.82) is 0 Å². The van der Waals surface area contributed by atoms with E-state index in [2.05, 4.69) is 4.98 Å². The molecule has 0 N–H and O–H groups in total. The van der Waals surface area contributed by atoms with Crippen molar-refractivity contribution in [3.8, 4) is 5.69 Å². The van der Waals surface area contributed by atoms with Crippen molar-refractivity contribution >= 4 is 35.2 Å². The van der Waals surface area contributed by atoms with Gasteiger partial charge in [-0.2, -0.15) is 0 Å². The first-order valence-electron chi connectivity index (χ1n) is 6.66. The number of imidazole rings is 1. The van der Waals surface area contributed by atoms with Gasteiger partial charge in [-0.3, -0.25) is 9.36 Å². The van der Waals surface area contributed by atoms with Gasteiger partial charge in [-0.05, 0) is 24.6 Å². The maximum absolute atomic E-state index is 12.7. The predicted molar refractivity (Wildman–Crippen MR) is 81.9 cm³/mol. The summed E-state index contributed by atoms with van der Waals surface area (Å²) in [6.45, 7) is 0.739. The van der Waals surface area contributed by atoms with Gasteiger partial charge in [0.15, 0.2) is 0 Å². The third-order valence-electron chi connectivity index (χ3n) is 4.12. The lowest BCUT2D eigenvalue weighted by molar-refractivity contribution is 0.0460. The van der Waals surface area contributed by atoms with Crippen molar-refractivity contribution in [3.63, 3.8) is 0 Å². The molecule has 0 bridgehead atoms. The highest BCUT2D eigenvalue weighted by atomic mass is 35.5. The van der Waals surface area contributed by atoms with Crippen molar-refractivity contribution in [2.75, 3.05) is 6.54 Å². The maximum Gasteiger partial charge on any atom is 0.258 e. The van der Waals surface area contributed by atoms with E-state index in [1.807, 2.05) is 21.6 Å². The Morgan fingerprint density at radius 2 is 2.24 bits per heavy atom. The minimum absolute atomic E-state index is 0.0173. The first kappa shape index (κ1) is 12.9. The largest absolute Gasteiger partial charge is 0.330 e. The number of carbonyl (C=O) groups excluding carboxylic acids is 1.